The summed E-state index contributed by atoms with van der Waals surface area (Å²) in [5.74, 6) is 3.34. The van der Waals surface area contributed by atoms with Crippen LogP contribution in [0.4, 0.5) is 0 Å². The molecule has 0 aliphatic heterocycles. The van der Waals surface area contributed by atoms with Crippen molar-refractivity contribution >= 4 is 5.96 Å². The Morgan fingerprint density at radius 2 is 1.39 bits per heavy atom. The topological polar surface area (TPSA) is 73.3 Å². The smallest absolute Gasteiger partial charge is 0.203 e. The van der Waals surface area contributed by atoms with Crippen LogP contribution in [0.3, 0.4) is 0 Å². The number of hydrogen-bond acceptors (Lipinski definition) is 5. The van der Waals surface area contributed by atoms with Crippen LogP contribution >= 0.6 is 0 Å². The maximum atomic E-state index is 5.52. The number of ether oxygens (including phenoxy) is 4. The molecule has 0 heterocycles. The molecule has 0 bridgehead atoms. The second-order valence-corrected chi connectivity index (χ2v) is 6.09. The first-order chi connectivity index (χ1) is 13.6. The molecule has 0 aromatic heterocycles. The first-order valence-corrected chi connectivity index (χ1v) is 8.93. The minimum absolute atomic E-state index is 0.508. The largest absolute Gasteiger partial charge is 0.496 e. The fourth-order valence-electron chi connectivity index (χ4n) is 2.88. The zero-order valence-electron chi connectivity index (χ0n) is 17.4. The van der Waals surface area contributed by atoms with Crippen molar-refractivity contribution in [3.8, 4) is 23.0 Å². The lowest BCUT2D eigenvalue weighted by Crippen LogP contribution is -2.36. The predicted octanol–water partition coefficient (Wildman–Crippen LogP) is 2.89. The van der Waals surface area contributed by atoms with Crippen molar-refractivity contribution in [2.24, 2.45) is 4.99 Å². The van der Waals surface area contributed by atoms with Crippen molar-refractivity contribution in [1.29, 1.82) is 0 Å². The molecule has 0 radical (unpaired) electrons. The summed E-state index contributed by atoms with van der Waals surface area (Å²) in [6, 6.07) is 9.91. The molecule has 2 rings (SSSR count). The highest BCUT2D eigenvalue weighted by molar-refractivity contribution is 5.79. The predicted molar refractivity (Wildman–Crippen MR) is 111 cm³/mol. The van der Waals surface area contributed by atoms with Gasteiger partial charge in [-0.1, -0.05) is 12.1 Å². The summed E-state index contributed by atoms with van der Waals surface area (Å²) in [7, 11) is 8.20. The Hall–Kier alpha value is -3.09. The molecule has 0 saturated heterocycles. The second-order valence-electron chi connectivity index (χ2n) is 6.09. The van der Waals surface area contributed by atoms with Crippen LogP contribution in [0.2, 0.25) is 0 Å². The first kappa shape index (κ1) is 21.2. The Labute approximate surface area is 166 Å². The number of aryl methyl sites for hydroxylation is 1. The van der Waals surface area contributed by atoms with Crippen LogP contribution in [0.15, 0.2) is 35.3 Å². The van der Waals surface area contributed by atoms with Gasteiger partial charge in [0.2, 0.25) is 5.75 Å². The zero-order valence-corrected chi connectivity index (χ0v) is 17.4. The average molecular weight is 387 g/mol. The van der Waals surface area contributed by atoms with Crippen LogP contribution in [-0.2, 0) is 13.1 Å². The van der Waals surface area contributed by atoms with E-state index < -0.39 is 0 Å². The Bertz CT molecular complexity index is 822. The van der Waals surface area contributed by atoms with E-state index >= 15 is 0 Å². The van der Waals surface area contributed by atoms with E-state index in [9.17, 15) is 0 Å². The maximum Gasteiger partial charge on any atom is 0.203 e. The van der Waals surface area contributed by atoms with E-state index in [4.69, 9.17) is 18.9 Å². The average Bonchev–Trinajstić information content (AvgIpc) is 2.73. The van der Waals surface area contributed by atoms with Crippen LogP contribution in [0.5, 0.6) is 23.0 Å². The third-order valence-electron chi connectivity index (χ3n) is 4.34. The zero-order chi connectivity index (χ0) is 20.5. The van der Waals surface area contributed by atoms with E-state index in [2.05, 4.69) is 21.7 Å². The normalized spacial score (nSPS) is 11.0. The third kappa shape index (κ3) is 5.00. The molecule has 0 aliphatic carbocycles. The number of nitrogens with one attached hydrogen (secondary N) is 2. The molecule has 152 valence electrons. The van der Waals surface area contributed by atoms with Crippen LogP contribution in [-0.4, -0.2) is 41.4 Å². The molecule has 7 heteroatoms. The van der Waals surface area contributed by atoms with Crippen molar-refractivity contribution < 1.29 is 18.9 Å². The van der Waals surface area contributed by atoms with E-state index in [1.54, 1.807) is 35.5 Å². The quantitative estimate of drug-likeness (QED) is 0.536. The van der Waals surface area contributed by atoms with Crippen molar-refractivity contribution in [3.05, 3.63) is 47.0 Å². The van der Waals surface area contributed by atoms with Gasteiger partial charge in [-0.2, -0.15) is 0 Å². The molecule has 0 saturated carbocycles. The Kier molecular flexibility index (Phi) is 7.80. The molecule has 0 unspecified atom stereocenters. The molecule has 2 N–H and O–H groups in total. The second kappa shape index (κ2) is 10.3. The molecule has 2 aromatic rings. The third-order valence-corrected chi connectivity index (χ3v) is 4.34. The molecular formula is C21H29N3O4. The fourth-order valence-corrected chi connectivity index (χ4v) is 2.88. The lowest BCUT2D eigenvalue weighted by atomic mass is 10.1. The van der Waals surface area contributed by atoms with Gasteiger partial charge in [0.15, 0.2) is 17.5 Å². The SMILES string of the molecule is CN=C(NCc1ccc(C)cc1OC)NCc1ccc(OC)c(OC)c1OC. The fraction of sp³-hybridized carbons (Fsp3) is 0.381. The van der Waals surface area contributed by atoms with Gasteiger partial charge >= 0.3 is 0 Å². The molecule has 28 heavy (non-hydrogen) atoms. The van der Waals surface area contributed by atoms with E-state index in [0.29, 0.717) is 36.3 Å². The molecular weight excluding hydrogens is 358 g/mol. The van der Waals surface area contributed by atoms with Gasteiger partial charge in [-0.15, -0.1) is 0 Å². The van der Waals surface area contributed by atoms with Gasteiger partial charge in [-0.05, 0) is 30.7 Å². The lowest BCUT2D eigenvalue weighted by molar-refractivity contribution is 0.322. The standard InChI is InChI=1S/C21H29N3O4/c1-14-7-8-15(18(11-14)26-4)12-23-21(22-2)24-13-16-9-10-17(25-3)20(28-6)19(16)27-5/h7-11H,12-13H2,1-6H3,(H2,22,23,24). The summed E-state index contributed by atoms with van der Waals surface area (Å²) in [5.41, 5.74) is 3.14. The van der Waals surface area contributed by atoms with Crippen LogP contribution in [0, 0.1) is 6.92 Å². The minimum Gasteiger partial charge on any atom is -0.496 e. The van der Waals surface area contributed by atoms with Crippen molar-refractivity contribution in [3.63, 3.8) is 0 Å². The van der Waals surface area contributed by atoms with Crippen LogP contribution in [0.1, 0.15) is 16.7 Å². The maximum absolute atomic E-state index is 5.52. The van der Waals surface area contributed by atoms with Gasteiger partial charge in [-0.25, -0.2) is 0 Å². The van der Waals surface area contributed by atoms with Crippen molar-refractivity contribution in [2.75, 3.05) is 35.5 Å². The van der Waals surface area contributed by atoms with Gasteiger partial charge in [0.1, 0.15) is 5.75 Å². The minimum atomic E-state index is 0.508. The number of hydrogen-bond donors (Lipinski definition) is 2. The van der Waals surface area contributed by atoms with E-state index in [1.165, 1.54) is 0 Å². The first-order valence-electron chi connectivity index (χ1n) is 8.93. The summed E-state index contributed by atoms with van der Waals surface area (Å²) in [4.78, 5) is 4.28. The molecule has 0 fully saturated rings. The van der Waals surface area contributed by atoms with Crippen molar-refractivity contribution in [2.45, 2.75) is 20.0 Å². The summed E-state index contributed by atoms with van der Waals surface area (Å²) in [6.45, 7) is 3.14. The van der Waals surface area contributed by atoms with E-state index in [0.717, 1.165) is 22.4 Å². The van der Waals surface area contributed by atoms with E-state index in [-0.39, 0.29) is 0 Å². The number of methoxy groups -OCH3 is 4. The summed E-state index contributed by atoms with van der Waals surface area (Å²) in [5, 5.41) is 6.59. The molecule has 0 amide bonds. The monoisotopic (exact) mass is 387 g/mol. The number of aliphatic imine (C=N–C) groups is 1. The number of benzene rings is 2. The van der Waals surface area contributed by atoms with E-state index in [1.807, 2.05) is 31.2 Å². The highest BCUT2D eigenvalue weighted by atomic mass is 16.5. The van der Waals surface area contributed by atoms with Gasteiger partial charge in [0, 0.05) is 31.3 Å². The van der Waals surface area contributed by atoms with Crippen LogP contribution in [0.25, 0.3) is 0 Å². The number of nitrogens with zero attached hydrogens (tertiary/aromatic N) is 1. The van der Waals surface area contributed by atoms with Gasteiger partial charge in [0.25, 0.3) is 0 Å². The summed E-state index contributed by atoms with van der Waals surface area (Å²) in [6.07, 6.45) is 0. The van der Waals surface area contributed by atoms with Gasteiger partial charge in [0.05, 0.1) is 28.4 Å². The molecule has 0 aliphatic rings. The highest BCUT2D eigenvalue weighted by Crippen LogP contribution is 2.39. The number of rotatable bonds is 8. The highest BCUT2D eigenvalue weighted by Gasteiger charge is 2.16. The number of guanidine groups is 1. The molecule has 0 spiro atoms. The molecule has 2 aromatic carbocycles. The Balaban J connectivity index is 2.07. The summed E-state index contributed by atoms with van der Waals surface area (Å²) < 4.78 is 21.7. The lowest BCUT2D eigenvalue weighted by Gasteiger charge is -2.18. The van der Waals surface area contributed by atoms with Gasteiger partial charge in [-0.3, -0.25) is 4.99 Å². The summed E-state index contributed by atoms with van der Waals surface area (Å²) >= 11 is 0. The molecule has 7 nitrogen and oxygen atoms in total. The van der Waals surface area contributed by atoms with Gasteiger partial charge < -0.3 is 29.6 Å². The Morgan fingerprint density at radius 3 is 1.96 bits per heavy atom. The Morgan fingerprint density at radius 1 is 0.786 bits per heavy atom. The van der Waals surface area contributed by atoms with Crippen molar-refractivity contribution in [1.82, 2.24) is 10.6 Å². The van der Waals surface area contributed by atoms with Crippen LogP contribution < -0.4 is 29.6 Å². The molecule has 0 atom stereocenters.